The van der Waals surface area contributed by atoms with Gasteiger partial charge in [-0.25, -0.2) is 15.0 Å². The fourth-order valence-electron chi connectivity index (χ4n) is 3.14. The van der Waals surface area contributed by atoms with E-state index in [1.54, 1.807) is 10.9 Å². The second-order valence-electron chi connectivity index (χ2n) is 6.69. The Morgan fingerprint density at radius 3 is 2.64 bits per heavy atom. The molecule has 4 rings (SSSR count). The molecule has 28 heavy (non-hydrogen) atoms. The first kappa shape index (κ1) is 17.9. The van der Waals surface area contributed by atoms with Gasteiger partial charge in [0.1, 0.15) is 29.1 Å². The Morgan fingerprint density at radius 2 is 1.93 bits per heavy atom. The maximum absolute atomic E-state index is 9.49. The van der Waals surface area contributed by atoms with Crippen molar-refractivity contribution in [1.82, 2.24) is 29.6 Å². The summed E-state index contributed by atoms with van der Waals surface area (Å²) in [5, 5.41) is 17.0. The SMILES string of the molecule is Cc1nc(Nc2c(C#N)cnn2-c2ccccn2)cc(N2CCN(C)CC2)n1. The van der Waals surface area contributed by atoms with Crippen LogP contribution in [0.4, 0.5) is 17.5 Å². The van der Waals surface area contributed by atoms with Crippen molar-refractivity contribution in [1.29, 1.82) is 5.26 Å². The molecule has 3 aromatic heterocycles. The minimum atomic E-state index is 0.420. The van der Waals surface area contributed by atoms with Gasteiger partial charge in [0, 0.05) is 38.4 Å². The highest BCUT2D eigenvalue weighted by Crippen LogP contribution is 2.24. The number of rotatable bonds is 4. The van der Waals surface area contributed by atoms with Crippen LogP contribution in [0.5, 0.6) is 0 Å². The summed E-state index contributed by atoms with van der Waals surface area (Å²) in [5.74, 6) is 3.32. The number of hydrogen-bond acceptors (Lipinski definition) is 8. The van der Waals surface area contributed by atoms with Crippen LogP contribution in [0.3, 0.4) is 0 Å². The highest BCUT2D eigenvalue weighted by molar-refractivity contribution is 5.64. The Morgan fingerprint density at radius 1 is 1.11 bits per heavy atom. The Kier molecular flexibility index (Phi) is 4.87. The molecule has 0 spiro atoms. The summed E-state index contributed by atoms with van der Waals surface area (Å²) in [6.07, 6.45) is 3.21. The van der Waals surface area contributed by atoms with Crippen molar-refractivity contribution in [2.75, 3.05) is 43.4 Å². The summed E-state index contributed by atoms with van der Waals surface area (Å²) < 4.78 is 1.60. The molecule has 9 heteroatoms. The van der Waals surface area contributed by atoms with Gasteiger partial charge in [0.05, 0.1) is 6.20 Å². The molecule has 1 saturated heterocycles. The van der Waals surface area contributed by atoms with E-state index in [9.17, 15) is 5.26 Å². The van der Waals surface area contributed by atoms with Crippen molar-refractivity contribution in [3.8, 4) is 11.9 Å². The largest absolute Gasteiger partial charge is 0.354 e. The third-order valence-corrected chi connectivity index (χ3v) is 4.65. The molecule has 0 amide bonds. The number of nitrogens with zero attached hydrogens (tertiary/aromatic N) is 8. The number of nitrogens with one attached hydrogen (secondary N) is 1. The van der Waals surface area contributed by atoms with Crippen LogP contribution in [0.15, 0.2) is 36.7 Å². The lowest BCUT2D eigenvalue weighted by Gasteiger charge is -2.33. The average Bonchev–Trinajstić information content (AvgIpc) is 3.11. The van der Waals surface area contributed by atoms with E-state index in [0.29, 0.717) is 28.8 Å². The highest BCUT2D eigenvalue weighted by atomic mass is 15.4. The lowest BCUT2D eigenvalue weighted by atomic mass is 10.3. The fraction of sp³-hybridized carbons (Fsp3) is 0.316. The summed E-state index contributed by atoms with van der Waals surface area (Å²) in [7, 11) is 2.12. The summed E-state index contributed by atoms with van der Waals surface area (Å²) in [4.78, 5) is 18.0. The molecule has 0 bridgehead atoms. The summed E-state index contributed by atoms with van der Waals surface area (Å²) >= 11 is 0. The molecule has 1 aliphatic rings. The molecule has 4 heterocycles. The second-order valence-corrected chi connectivity index (χ2v) is 6.69. The lowest BCUT2D eigenvalue weighted by molar-refractivity contribution is 0.312. The van der Waals surface area contributed by atoms with Gasteiger partial charge in [-0.1, -0.05) is 6.07 Å². The van der Waals surface area contributed by atoms with E-state index in [2.05, 4.69) is 48.3 Å². The monoisotopic (exact) mass is 375 g/mol. The first-order valence-electron chi connectivity index (χ1n) is 9.10. The summed E-state index contributed by atoms with van der Waals surface area (Å²) in [5.41, 5.74) is 0.420. The smallest absolute Gasteiger partial charge is 0.155 e. The number of aryl methyl sites for hydroxylation is 1. The van der Waals surface area contributed by atoms with Crippen LogP contribution in [0.1, 0.15) is 11.4 Å². The first-order chi connectivity index (χ1) is 13.6. The van der Waals surface area contributed by atoms with Gasteiger partial charge < -0.3 is 15.1 Å². The van der Waals surface area contributed by atoms with E-state index >= 15 is 0 Å². The van der Waals surface area contributed by atoms with Crippen molar-refractivity contribution >= 4 is 17.5 Å². The first-order valence-corrected chi connectivity index (χ1v) is 9.10. The third kappa shape index (κ3) is 3.63. The number of aromatic nitrogens is 5. The van der Waals surface area contributed by atoms with Gasteiger partial charge in [-0.2, -0.15) is 15.0 Å². The highest BCUT2D eigenvalue weighted by Gasteiger charge is 2.18. The molecule has 142 valence electrons. The number of hydrogen-bond donors (Lipinski definition) is 1. The standard InChI is InChI=1S/C19H21N9/c1-14-23-16(11-18(24-14)27-9-7-26(2)8-10-27)25-19-15(12-20)13-22-28(19)17-5-3-4-6-21-17/h3-6,11,13H,7-10H2,1-2H3,(H,23,24,25). The molecule has 0 atom stereocenters. The van der Waals surface area contributed by atoms with Crippen LogP contribution < -0.4 is 10.2 Å². The zero-order valence-corrected chi connectivity index (χ0v) is 15.9. The number of pyridine rings is 1. The van der Waals surface area contributed by atoms with Crippen LogP contribution >= 0.6 is 0 Å². The Labute approximate surface area is 163 Å². The van der Waals surface area contributed by atoms with E-state index in [0.717, 1.165) is 32.0 Å². The third-order valence-electron chi connectivity index (χ3n) is 4.65. The fourth-order valence-corrected chi connectivity index (χ4v) is 3.14. The van der Waals surface area contributed by atoms with Crippen LogP contribution in [0.25, 0.3) is 5.82 Å². The molecule has 1 aliphatic heterocycles. The van der Waals surface area contributed by atoms with Crippen LogP contribution in [0, 0.1) is 18.3 Å². The predicted octanol–water partition coefficient (Wildman–Crippen LogP) is 1.73. The maximum Gasteiger partial charge on any atom is 0.155 e. The molecule has 0 aromatic carbocycles. The zero-order chi connectivity index (χ0) is 19.5. The van der Waals surface area contributed by atoms with E-state index in [1.165, 1.54) is 6.20 Å². The van der Waals surface area contributed by atoms with E-state index in [1.807, 2.05) is 31.2 Å². The molecule has 3 aromatic rings. The zero-order valence-electron chi connectivity index (χ0n) is 15.9. The Balaban J connectivity index is 1.67. The van der Waals surface area contributed by atoms with Gasteiger partial charge in [-0.15, -0.1) is 0 Å². The molecule has 9 nitrogen and oxygen atoms in total. The maximum atomic E-state index is 9.49. The van der Waals surface area contributed by atoms with Crippen LogP contribution in [-0.4, -0.2) is 62.9 Å². The lowest BCUT2D eigenvalue weighted by Crippen LogP contribution is -2.44. The summed E-state index contributed by atoms with van der Waals surface area (Å²) in [6, 6.07) is 9.63. The number of likely N-dealkylation sites (N-methyl/N-ethyl adjacent to an activating group) is 1. The van der Waals surface area contributed by atoms with Gasteiger partial charge >= 0.3 is 0 Å². The minimum Gasteiger partial charge on any atom is -0.354 e. The van der Waals surface area contributed by atoms with Crippen molar-refractivity contribution in [3.05, 3.63) is 48.0 Å². The number of piperazine rings is 1. The summed E-state index contributed by atoms with van der Waals surface area (Å²) in [6.45, 7) is 5.70. The Bertz CT molecular complexity index is 998. The molecule has 0 unspecified atom stereocenters. The Hall–Kier alpha value is -3.51. The number of anilines is 3. The van der Waals surface area contributed by atoms with Gasteiger partial charge in [-0.3, -0.25) is 0 Å². The minimum absolute atomic E-state index is 0.420. The normalized spacial score (nSPS) is 14.7. The molecule has 0 radical (unpaired) electrons. The molecule has 0 aliphatic carbocycles. The van der Waals surface area contributed by atoms with E-state index < -0.39 is 0 Å². The van der Waals surface area contributed by atoms with Crippen molar-refractivity contribution in [3.63, 3.8) is 0 Å². The van der Waals surface area contributed by atoms with Crippen molar-refractivity contribution in [2.45, 2.75) is 6.92 Å². The number of nitriles is 1. The van der Waals surface area contributed by atoms with Crippen molar-refractivity contribution in [2.24, 2.45) is 0 Å². The molecular weight excluding hydrogens is 354 g/mol. The molecular formula is C19H21N9. The second kappa shape index (κ2) is 7.62. The van der Waals surface area contributed by atoms with Gasteiger partial charge in [0.15, 0.2) is 11.6 Å². The topological polar surface area (TPSA) is 98.8 Å². The van der Waals surface area contributed by atoms with Crippen LogP contribution in [0.2, 0.25) is 0 Å². The quantitative estimate of drug-likeness (QED) is 0.736. The predicted molar refractivity (Wildman–Crippen MR) is 106 cm³/mol. The molecule has 1 fully saturated rings. The molecule has 1 N–H and O–H groups in total. The van der Waals surface area contributed by atoms with Gasteiger partial charge in [0.2, 0.25) is 0 Å². The van der Waals surface area contributed by atoms with E-state index in [-0.39, 0.29) is 0 Å². The van der Waals surface area contributed by atoms with Gasteiger partial charge in [-0.05, 0) is 26.1 Å². The van der Waals surface area contributed by atoms with Crippen LogP contribution in [-0.2, 0) is 0 Å². The van der Waals surface area contributed by atoms with E-state index in [4.69, 9.17) is 0 Å². The molecule has 0 saturated carbocycles. The van der Waals surface area contributed by atoms with Gasteiger partial charge in [0.25, 0.3) is 0 Å². The van der Waals surface area contributed by atoms with Crippen molar-refractivity contribution < 1.29 is 0 Å². The average molecular weight is 375 g/mol.